The first kappa shape index (κ1) is 17.5. The van der Waals surface area contributed by atoms with Crippen LogP contribution in [0, 0.1) is 6.92 Å². The molecule has 1 aliphatic rings. The van der Waals surface area contributed by atoms with Crippen LogP contribution >= 0.6 is 0 Å². The van der Waals surface area contributed by atoms with Crippen LogP contribution in [0.2, 0.25) is 0 Å². The van der Waals surface area contributed by atoms with Crippen molar-refractivity contribution in [3.05, 3.63) is 58.6 Å². The number of nitrogens with zero attached hydrogens (tertiary/aromatic N) is 4. The van der Waals surface area contributed by atoms with Gasteiger partial charge in [0.25, 0.3) is 0 Å². The summed E-state index contributed by atoms with van der Waals surface area (Å²) in [4.78, 5) is 13.7. The lowest BCUT2D eigenvalue weighted by molar-refractivity contribution is 0.302. The summed E-state index contributed by atoms with van der Waals surface area (Å²) < 4.78 is 11.4. The molecule has 1 aliphatic heterocycles. The van der Waals surface area contributed by atoms with Crippen molar-refractivity contribution in [2.24, 2.45) is 0 Å². The summed E-state index contributed by atoms with van der Waals surface area (Å²) in [5, 5.41) is 7.48. The Morgan fingerprint density at radius 3 is 2.67 bits per heavy atom. The summed E-state index contributed by atoms with van der Waals surface area (Å²) in [6.07, 6.45) is 0.710. The normalized spacial score (nSPS) is 14.1. The summed E-state index contributed by atoms with van der Waals surface area (Å²) in [7, 11) is 0. The fraction of sp³-hybridized carbons (Fsp3) is 0.400. The Balaban J connectivity index is 1.66. The van der Waals surface area contributed by atoms with E-state index >= 15 is 0 Å². The molecule has 0 saturated heterocycles. The smallest absolute Gasteiger partial charge is 0.248 e. The van der Waals surface area contributed by atoms with Crippen molar-refractivity contribution in [2.45, 2.75) is 52.7 Å². The SMILES string of the molecule is Cc1nc2c(c(NC(C)c3nc(C(C)C)no3)n1)Cc1ccccc1OC2. The zero-order valence-corrected chi connectivity index (χ0v) is 16.0. The van der Waals surface area contributed by atoms with E-state index in [-0.39, 0.29) is 12.0 Å². The van der Waals surface area contributed by atoms with Crippen molar-refractivity contribution in [1.29, 1.82) is 0 Å². The predicted octanol–water partition coefficient (Wildman–Crippen LogP) is 3.95. The summed E-state index contributed by atoms with van der Waals surface area (Å²) in [6, 6.07) is 7.90. The summed E-state index contributed by atoms with van der Waals surface area (Å²) in [6.45, 7) is 8.38. The third-order valence-electron chi connectivity index (χ3n) is 4.61. The third-order valence-corrected chi connectivity index (χ3v) is 4.61. The maximum absolute atomic E-state index is 5.95. The van der Waals surface area contributed by atoms with Gasteiger partial charge in [-0.05, 0) is 25.5 Å². The molecule has 7 nitrogen and oxygen atoms in total. The number of aromatic nitrogens is 4. The van der Waals surface area contributed by atoms with Crippen LogP contribution in [0.4, 0.5) is 5.82 Å². The molecule has 0 radical (unpaired) electrons. The molecular formula is C20H23N5O2. The Hall–Kier alpha value is -2.96. The van der Waals surface area contributed by atoms with Gasteiger partial charge in [-0.2, -0.15) is 4.98 Å². The molecule has 0 spiro atoms. The van der Waals surface area contributed by atoms with Gasteiger partial charge in [0.2, 0.25) is 5.89 Å². The standard InChI is InChI=1S/C20H23N5O2/c1-11(2)18-24-20(27-25-18)12(3)21-19-15-9-14-7-5-6-8-17(14)26-10-16(15)22-13(4)23-19/h5-8,11-12H,9-10H2,1-4H3,(H,21,22,23). The van der Waals surface area contributed by atoms with E-state index in [0.717, 1.165) is 28.4 Å². The first-order valence-electron chi connectivity index (χ1n) is 9.18. The lowest BCUT2D eigenvalue weighted by Crippen LogP contribution is -2.14. The molecule has 1 aromatic carbocycles. The van der Waals surface area contributed by atoms with E-state index in [0.29, 0.717) is 30.6 Å². The minimum atomic E-state index is -0.164. The van der Waals surface area contributed by atoms with Crippen molar-refractivity contribution in [2.75, 3.05) is 5.32 Å². The molecule has 2 aromatic heterocycles. The monoisotopic (exact) mass is 365 g/mol. The number of anilines is 1. The van der Waals surface area contributed by atoms with Crippen molar-refractivity contribution >= 4 is 5.82 Å². The van der Waals surface area contributed by atoms with Gasteiger partial charge in [0.15, 0.2) is 5.82 Å². The van der Waals surface area contributed by atoms with Crippen LogP contribution < -0.4 is 10.1 Å². The van der Waals surface area contributed by atoms with Crippen molar-refractivity contribution in [1.82, 2.24) is 20.1 Å². The van der Waals surface area contributed by atoms with E-state index in [9.17, 15) is 0 Å². The maximum Gasteiger partial charge on any atom is 0.248 e. The van der Waals surface area contributed by atoms with Crippen LogP contribution in [0.25, 0.3) is 0 Å². The molecule has 140 valence electrons. The van der Waals surface area contributed by atoms with Gasteiger partial charge in [0, 0.05) is 17.9 Å². The molecule has 1 N–H and O–H groups in total. The van der Waals surface area contributed by atoms with E-state index in [2.05, 4.69) is 31.5 Å². The topological polar surface area (TPSA) is 86.0 Å². The number of aryl methyl sites for hydroxylation is 1. The van der Waals surface area contributed by atoms with Gasteiger partial charge in [-0.25, -0.2) is 9.97 Å². The molecule has 4 rings (SSSR count). The van der Waals surface area contributed by atoms with E-state index in [4.69, 9.17) is 9.26 Å². The molecule has 27 heavy (non-hydrogen) atoms. The fourth-order valence-electron chi connectivity index (χ4n) is 3.13. The van der Waals surface area contributed by atoms with Gasteiger partial charge in [-0.15, -0.1) is 0 Å². The number of nitrogens with one attached hydrogen (secondary N) is 1. The molecule has 1 unspecified atom stereocenters. The quantitative estimate of drug-likeness (QED) is 0.749. The van der Waals surface area contributed by atoms with Crippen LogP contribution in [-0.2, 0) is 13.0 Å². The minimum absolute atomic E-state index is 0.164. The molecule has 3 aromatic rings. The van der Waals surface area contributed by atoms with Crippen molar-refractivity contribution in [3.8, 4) is 5.75 Å². The van der Waals surface area contributed by atoms with Crippen LogP contribution in [0.1, 0.15) is 67.1 Å². The van der Waals surface area contributed by atoms with Crippen LogP contribution in [-0.4, -0.2) is 20.1 Å². The van der Waals surface area contributed by atoms with Crippen LogP contribution in [0.3, 0.4) is 0 Å². The predicted molar refractivity (Wildman–Crippen MR) is 101 cm³/mol. The van der Waals surface area contributed by atoms with E-state index in [1.54, 1.807) is 0 Å². The first-order chi connectivity index (χ1) is 13.0. The van der Waals surface area contributed by atoms with Gasteiger partial charge >= 0.3 is 0 Å². The summed E-state index contributed by atoms with van der Waals surface area (Å²) in [5.41, 5.74) is 3.07. The molecule has 0 fully saturated rings. The Morgan fingerprint density at radius 1 is 1.07 bits per heavy atom. The minimum Gasteiger partial charge on any atom is -0.487 e. The molecule has 0 saturated carbocycles. The van der Waals surface area contributed by atoms with E-state index in [1.165, 1.54) is 0 Å². The number of para-hydroxylation sites is 1. The van der Waals surface area contributed by atoms with Gasteiger partial charge in [-0.3, -0.25) is 0 Å². The summed E-state index contributed by atoms with van der Waals surface area (Å²) in [5.74, 6) is 3.86. The molecule has 1 atom stereocenters. The Morgan fingerprint density at radius 2 is 1.89 bits per heavy atom. The molecule has 3 heterocycles. The molecule has 0 bridgehead atoms. The second-order valence-electron chi connectivity index (χ2n) is 7.13. The number of rotatable bonds is 4. The number of hydrogen-bond acceptors (Lipinski definition) is 7. The van der Waals surface area contributed by atoms with Crippen molar-refractivity contribution < 1.29 is 9.26 Å². The number of fused-ring (bicyclic) bond motifs is 2. The molecular weight excluding hydrogens is 342 g/mol. The highest BCUT2D eigenvalue weighted by Crippen LogP contribution is 2.32. The molecule has 0 aliphatic carbocycles. The highest BCUT2D eigenvalue weighted by molar-refractivity contribution is 5.52. The molecule has 7 heteroatoms. The Bertz CT molecular complexity index is 967. The van der Waals surface area contributed by atoms with Crippen molar-refractivity contribution in [3.63, 3.8) is 0 Å². The lowest BCUT2D eigenvalue weighted by Gasteiger charge is -2.16. The fourth-order valence-corrected chi connectivity index (χ4v) is 3.13. The Kier molecular flexibility index (Phi) is 4.51. The maximum atomic E-state index is 5.95. The second kappa shape index (κ2) is 6.98. The third kappa shape index (κ3) is 3.49. The average molecular weight is 365 g/mol. The van der Waals surface area contributed by atoms with E-state index < -0.39 is 0 Å². The number of hydrogen-bond donors (Lipinski definition) is 1. The van der Waals surface area contributed by atoms with E-state index in [1.807, 2.05) is 45.9 Å². The largest absolute Gasteiger partial charge is 0.487 e. The number of ether oxygens (including phenoxy) is 1. The molecule has 0 amide bonds. The van der Waals surface area contributed by atoms with Crippen LogP contribution in [0.15, 0.2) is 28.8 Å². The Labute approximate surface area is 158 Å². The second-order valence-corrected chi connectivity index (χ2v) is 7.13. The highest BCUT2D eigenvalue weighted by Gasteiger charge is 2.23. The van der Waals surface area contributed by atoms with Gasteiger partial charge in [0.05, 0.1) is 5.69 Å². The lowest BCUT2D eigenvalue weighted by atomic mass is 10.0. The number of benzene rings is 1. The summed E-state index contributed by atoms with van der Waals surface area (Å²) >= 11 is 0. The van der Waals surface area contributed by atoms with Crippen LogP contribution in [0.5, 0.6) is 5.75 Å². The average Bonchev–Trinajstić information content (AvgIpc) is 3.06. The zero-order chi connectivity index (χ0) is 19.0. The first-order valence-corrected chi connectivity index (χ1v) is 9.18. The zero-order valence-electron chi connectivity index (χ0n) is 16.0. The van der Waals surface area contributed by atoms with Gasteiger partial charge in [-0.1, -0.05) is 37.2 Å². The van der Waals surface area contributed by atoms with Gasteiger partial charge in [0.1, 0.15) is 30.0 Å². The van der Waals surface area contributed by atoms with Gasteiger partial charge < -0.3 is 14.6 Å². The highest BCUT2D eigenvalue weighted by atomic mass is 16.5.